The summed E-state index contributed by atoms with van der Waals surface area (Å²) >= 11 is 0. The average Bonchev–Trinajstić information content (AvgIpc) is 2.38. The molecule has 0 amide bonds. The van der Waals surface area contributed by atoms with Gasteiger partial charge in [-0.2, -0.15) is 17.0 Å². The van der Waals surface area contributed by atoms with Gasteiger partial charge in [0.1, 0.15) is 0 Å². The smallest absolute Gasteiger partial charge is 0.307 e. The number of nitrogens with zero attached hydrogens (tertiary/aromatic N) is 2. The van der Waals surface area contributed by atoms with Gasteiger partial charge in [0.25, 0.3) is 10.2 Å². The van der Waals surface area contributed by atoms with Gasteiger partial charge in [0.05, 0.1) is 19.1 Å². The number of hydrogen-bond acceptors (Lipinski definition) is 5. The van der Waals surface area contributed by atoms with Crippen LogP contribution in [0.4, 0.5) is 0 Å². The molecule has 0 saturated heterocycles. The summed E-state index contributed by atoms with van der Waals surface area (Å²) in [6.07, 6.45) is 0. The zero-order valence-corrected chi connectivity index (χ0v) is 13.2. The molecule has 0 saturated carbocycles. The Morgan fingerprint density at radius 3 is 2.00 bits per heavy atom. The van der Waals surface area contributed by atoms with Crippen LogP contribution in [0.15, 0.2) is 0 Å². The van der Waals surface area contributed by atoms with Crippen molar-refractivity contribution in [3.05, 3.63) is 0 Å². The number of carboxylic acid groups (broad SMARTS) is 1. The van der Waals surface area contributed by atoms with Crippen molar-refractivity contribution in [1.29, 1.82) is 0 Å². The molecule has 0 aromatic heterocycles. The van der Waals surface area contributed by atoms with E-state index in [4.69, 9.17) is 14.6 Å². The zero-order chi connectivity index (χ0) is 15.8. The lowest BCUT2D eigenvalue weighted by Crippen LogP contribution is -2.46. The quantitative estimate of drug-likeness (QED) is 0.551. The van der Waals surface area contributed by atoms with Crippen LogP contribution in [0.2, 0.25) is 0 Å². The molecule has 0 fully saturated rings. The van der Waals surface area contributed by atoms with Gasteiger partial charge in [-0.3, -0.25) is 4.79 Å². The lowest BCUT2D eigenvalue weighted by Gasteiger charge is -2.28. The van der Waals surface area contributed by atoms with Gasteiger partial charge in [-0.25, -0.2) is 0 Å². The Morgan fingerprint density at radius 2 is 1.65 bits per heavy atom. The molecule has 0 bridgehead atoms. The fourth-order valence-corrected chi connectivity index (χ4v) is 2.90. The second-order valence-electron chi connectivity index (χ2n) is 4.41. The molecule has 0 aromatic carbocycles. The molecular weight excluding hydrogens is 288 g/mol. The highest BCUT2D eigenvalue weighted by Crippen LogP contribution is 2.09. The van der Waals surface area contributed by atoms with E-state index in [1.54, 1.807) is 0 Å². The fourth-order valence-electron chi connectivity index (χ4n) is 1.48. The van der Waals surface area contributed by atoms with Gasteiger partial charge in [0, 0.05) is 40.9 Å². The van der Waals surface area contributed by atoms with Gasteiger partial charge in [-0.1, -0.05) is 6.92 Å². The van der Waals surface area contributed by atoms with E-state index in [0.717, 1.165) is 4.31 Å². The van der Waals surface area contributed by atoms with Crippen molar-refractivity contribution in [3.8, 4) is 0 Å². The van der Waals surface area contributed by atoms with Crippen molar-refractivity contribution in [2.75, 3.05) is 54.1 Å². The van der Waals surface area contributed by atoms with Gasteiger partial charge in [0.2, 0.25) is 0 Å². The highest BCUT2D eigenvalue weighted by Gasteiger charge is 2.28. The van der Waals surface area contributed by atoms with Crippen molar-refractivity contribution in [1.82, 2.24) is 8.61 Å². The molecule has 0 aromatic rings. The van der Waals surface area contributed by atoms with E-state index >= 15 is 0 Å². The average molecular weight is 312 g/mol. The molecule has 20 heavy (non-hydrogen) atoms. The summed E-state index contributed by atoms with van der Waals surface area (Å²) in [6.45, 7) is 2.26. The summed E-state index contributed by atoms with van der Waals surface area (Å²) in [4.78, 5) is 10.8. The van der Waals surface area contributed by atoms with Crippen LogP contribution in [0.25, 0.3) is 0 Å². The molecule has 0 aliphatic carbocycles. The molecule has 0 spiro atoms. The molecule has 1 atom stereocenters. The lowest BCUT2D eigenvalue weighted by atomic mass is 10.2. The van der Waals surface area contributed by atoms with Gasteiger partial charge in [0.15, 0.2) is 0 Å². The van der Waals surface area contributed by atoms with E-state index in [2.05, 4.69) is 0 Å². The summed E-state index contributed by atoms with van der Waals surface area (Å²) in [5.41, 5.74) is 0. The molecule has 1 N–H and O–H groups in total. The number of ether oxygens (including phenoxy) is 2. The Morgan fingerprint density at radius 1 is 1.20 bits per heavy atom. The van der Waals surface area contributed by atoms with Crippen LogP contribution in [-0.4, -0.2) is 82.2 Å². The number of carbonyl (C=O) groups is 1. The van der Waals surface area contributed by atoms with Crippen LogP contribution in [0.3, 0.4) is 0 Å². The zero-order valence-electron chi connectivity index (χ0n) is 12.4. The summed E-state index contributed by atoms with van der Waals surface area (Å²) in [7, 11) is 0.599. The van der Waals surface area contributed by atoms with Crippen LogP contribution in [0.1, 0.15) is 6.92 Å². The van der Waals surface area contributed by atoms with E-state index in [0.29, 0.717) is 0 Å². The Bertz CT molecular complexity index is 378. The maximum absolute atomic E-state index is 12.3. The molecule has 0 aliphatic rings. The van der Waals surface area contributed by atoms with Crippen molar-refractivity contribution in [3.63, 3.8) is 0 Å². The third-order valence-electron chi connectivity index (χ3n) is 2.76. The Hall–Kier alpha value is -0.740. The van der Waals surface area contributed by atoms with Crippen LogP contribution in [0.5, 0.6) is 0 Å². The standard InChI is InChI=1S/C11H24N2O6S/c1-10(11(14)15)9-12(2)20(16,17)13(5-7-18-3)6-8-19-4/h10H,5-9H2,1-4H3,(H,14,15). The van der Waals surface area contributed by atoms with Crippen molar-refractivity contribution >= 4 is 16.2 Å². The van der Waals surface area contributed by atoms with Crippen molar-refractivity contribution in [2.45, 2.75) is 6.92 Å². The summed E-state index contributed by atoms with van der Waals surface area (Å²) in [5.74, 6) is -1.81. The largest absolute Gasteiger partial charge is 0.481 e. The van der Waals surface area contributed by atoms with Gasteiger partial charge in [-0.15, -0.1) is 0 Å². The fraction of sp³-hybridized carbons (Fsp3) is 0.909. The number of rotatable bonds is 11. The number of aliphatic carboxylic acids is 1. The van der Waals surface area contributed by atoms with Gasteiger partial charge >= 0.3 is 5.97 Å². The van der Waals surface area contributed by atoms with Crippen LogP contribution < -0.4 is 0 Å². The van der Waals surface area contributed by atoms with E-state index < -0.39 is 22.1 Å². The van der Waals surface area contributed by atoms with Crippen LogP contribution in [0, 0.1) is 5.92 Å². The van der Waals surface area contributed by atoms with E-state index in [-0.39, 0.29) is 32.8 Å². The molecule has 1 unspecified atom stereocenters. The molecule has 8 nitrogen and oxygen atoms in total. The number of methoxy groups -OCH3 is 2. The second kappa shape index (κ2) is 9.24. The first kappa shape index (κ1) is 19.3. The maximum atomic E-state index is 12.3. The topological polar surface area (TPSA) is 96.4 Å². The molecule has 0 aliphatic heterocycles. The van der Waals surface area contributed by atoms with E-state index in [9.17, 15) is 13.2 Å². The van der Waals surface area contributed by atoms with Crippen molar-refractivity contribution < 1.29 is 27.8 Å². The highest BCUT2D eigenvalue weighted by atomic mass is 32.2. The SMILES string of the molecule is COCCN(CCOC)S(=O)(=O)N(C)CC(C)C(=O)O. The Balaban J connectivity index is 4.85. The van der Waals surface area contributed by atoms with Gasteiger partial charge in [-0.05, 0) is 0 Å². The number of hydrogen-bond donors (Lipinski definition) is 1. The molecular formula is C11H24N2O6S. The van der Waals surface area contributed by atoms with Crippen LogP contribution in [-0.2, 0) is 24.5 Å². The predicted octanol–water partition coefficient (Wildman–Crippen LogP) is -0.521. The molecule has 0 radical (unpaired) electrons. The first-order valence-corrected chi connectivity index (χ1v) is 7.59. The van der Waals surface area contributed by atoms with E-state index in [1.165, 1.54) is 32.5 Å². The number of carboxylic acids is 1. The minimum atomic E-state index is -3.73. The first-order chi connectivity index (χ1) is 9.27. The second-order valence-corrected chi connectivity index (χ2v) is 6.45. The van der Waals surface area contributed by atoms with Gasteiger partial charge < -0.3 is 14.6 Å². The van der Waals surface area contributed by atoms with E-state index in [1.807, 2.05) is 0 Å². The lowest BCUT2D eigenvalue weighted by molar-refractivity contribution is -0.141. The minimum Gasteiger partial charge on any atom is -0.481 e. The molecule has 9 heteroatoms. The summed E-state index contributed by atoms with van der Waals surface area (Å²) < 4.78 is 36.7. The summed E-state index contributed by atoms with van der Waals surface area (Å²) in [6, 6.07) is 0. The summed E-state index contributed by atoms with van der Waals surface area (Å²) in [5, 5.41) is 8.84. The van der Waals surface area contributed by atoms with Crippen molar-refractivity contribution in [2.24, 2.45) is 5.92 Å². The third kappa shape index (κ3) is 6.14. The highest BCUT2D eigenvalue weighted by molar-refractivity contribution is 7.86. The molecule has 0 rings (SSSR count). The monoisotopic (exact) mass is 312 g/mol. The molecule has 120 valence electrons. The Kier molecular flexibility index (Phi) is 8.90. The predicted molar refractivity (Wildman–Crippen MR) is 73.7 cm³/mol. The third-order valence-corrected chi connectivity index (χ3v) is 4.72. The normalized spacial score (nSPS) is 13.9. The van der Waals surface area contributed by atoms with Crippen LogP contribution >= 0.6 is 0 Å². The molecule has 0 heterocycles. The first-order valence-electron chi connectivity index (χ1n) is 6.19. The minimum absolute atomic E-state index is 0.0892. The maximum Gasteiger partial charge on any atom is 0.307 e. The Labute approximate surface area is 120 Å².